The van der Waals surface area contributed by atoms with Crippen LogP contribution in [0, 0.1) is 0 Å². The van der Waals surface area contributed by atoms with Gasteiger partial charge in [-0.1, -0.05) is 28.4 Å². The fraction of sp³-hybridized carbons (Fsp3) is 0.200. The minimum atomic E-state index is -1.31. The van der Waals surface area contributed by atoms with Gasteiger partial charge < -0.3 is 9.94 Å². The number of hydrogen-bond donors (Lipinski definition) is 1. The first-order chi connectivity index (χ1) is 5.09. The zero-order chi connectivity index (χ0) is 8.85. The first-order valence-corrected chi connectivity index (χ1v) is 3.20. The zero-order valence-corrected chi connectivity index (χ0v) is 7.06. The van der Waals surface area contributed by atoms with Gasteiger partial charge in [0.25, 0.3) is 0 Å². The summed E-state index contributed by atoms with van der Waals surface area (Å²) in [5.74, 6) is -1.31. The first-order valence-electron chi connectivity index (χ1n) is 2.44. The van der Waals surface area contributed by atoms with Crippen LogP contribution >= 0.6 is 23.2 Å². The van der Waals surface area contributed by atoms with E-state index in [0.717, 1.165) is 6.21 Å². The molecule has 0 fully saturated rings. The third kappa shape index (κ3) is 3.85. The summed E-state index contributed by atoms with van der Waals surface area (Å²) in [6.45, 7) is 0. The van der Waals surface area contributed by atoms with E-state index in [0.29, 0.717) is 0 Å². The molecule has 0 aliphatic carbocycles. The van der Waals surface area contributed by atoms with Crippen LogP contribution in [0.25, 0.3) is 0 Å². The van der Waals surface area contributed by atoms with Gasteiger partial charge in [0.05, 0.1) is 11.2 Å². The monoisotopic (exact) mass is 197 g/mol. The number of hydrogen-bond acceptors (Lipinski definition) is 3. The second kappa shape index (κ2) is 4.98. The summed E-state index contributed by atoms with van der Waals surface area (Å²) in [7, 11) is 1.30. The number of carbonyl (C=O) groups is 1. The molecule has 4 nitrogen and oxygen atoms in total. The minimum absolute atomic E-state index is 0.180. The third-order valence-electron chi connectivity index (χ3n) is 0.669. The Morgan fingerprint density at radius 2 is 2.18 bits per heavy atom. The Balaban J connectivity index is 4.40. The maximum Gasteiger partial charge on any atom is 0.348 e. The predicted molar refractivity (Wildman–Crippen MR) is 41.9 cm³/mol. The van der Waals surface area contributed by atoms with Gasteiger partial charge in [-0.2, -0.15) is 0 Å². The van der Waals surface area contributed by atoms with Crippen LogP contribution < -0.4 is 0 Å². The van der Waals surface area contributed by atoms with E-state index < -0.39 is 11.0 Å². The second-order valence-corrected chi connectivity index (χ2v) is 2.17. The van der Waals surface area contributed by atoms with Gasteiger partial charge in [-0.05, 0) is 0 Å². The molecule has 0 spiro atoms. The van der Waals surface area contributed by atoms with Gasteiger partial charge in [0.15, 0.2) is 0 Å². The van der Waals surface area contributed by atoms with Crippen molar-refractivity contribution in [1.29, 1.82) is 0 Å². The molecule has 6 heteroatoms. The molecule has 0 rings (SSSR count). The van der Waals surface area contributed by atoms with Crippen molar-refractivity contribution in [3.05, 3.63) is 10.1 Å². The Bertz CT molecular complexity index is 212. The Labute approximate surface area is 73.0 Å². The number of nitrogens with zero attached hydrogens (tertiary/aromatic N) is 1. The topological polar surface area (TPSA) is 58.9 Å². The molecule has 11 heavy (non-hydrogen) atoms. The second-order valence-electron chi connectivity index (χ2n) is 1.38. The maximum absolute atomic E-state index is 10.1. The van der Waals surface area contributed by atoms with Gasteiger partial charge in [-0.3, -0.25) is 0 Å². The minimum Gasteiger partial charge on any atom is -0.477 e. The summed E-state index contributed by atoms with van der Waals surface area (Å²) in [6.07, 6.45) is 0.998. The maximum atomic E-state index is 10.1. The molecule has 1 N–H and O–H groups in total. The van der Waals surface area contributed by atoms with Crippen LogP contribution in [-0.4, -0.2) is 24.4 Å². The Kier molecular flexibility index (Phi) is 4.65. The number of allylic oxidation sites excluding steroid dienone is 1. The molecule has 0 aliphatic rings. The van der Waals surface area contributed by atoms with Crippen LogP contribution in [0.3, 0.4) is 0 Å². The molecule has 0 atom stereocenters. The van der Waals surface area contributed by atoms with Crippen molar-refractivity contribution in [3.8, 4) is 0 Å². The van der Waals surface area contributed by atoms with Crippen LogP contribution in [0.1, 0.15) is 0 Å². The van der Waals surface area contributed by atoms with Crippen molar-refractivity contribution < 1.29 is 14.7 Å². The Hall–Kier alpha value is -0.740. The Morgan fingerprint density at radius 3 is 2.55 bits per heavy atom. The highest BCUT2D eigenvalue weighted by molar-refractivity contribution is 6.51. The van der Waals surface area contributed by atoms with Gasteiger partial charge in [0.2, 0.25) is 0 Å². The van der Waals surface area contributed by atoms with Crippen molar-refractivity contribution in [2.24, 2.45) is 5.16 Å². The highest BCUT2D eigenvalue weighted by Crippen LogP contribution is 2.11. The van der Waals surface area contributed by atoms with E-state index in [1.165, 1.54) is 7.11 Å². The highest BCUT2D eigenvalue weighted by atomic mass is 35.5. The largest absolute Gasteiger partial charge is 0.477 e. The van der Waals surface area contributed by atoms with Gasteiger partial charge in [-0.15, -0.1) is 0 Å². The quantitative estimate of drug-likeness (QED) is 0.423. The average Bonchev–Trinajstić information content (AvgIpc) is 1.98. The number of rotatable bonds is 3. The van der Waals surface area contributed by atoms with E-state index in [4.69, 9.17) is 28.3 Å². The van der Waals surface area contributed by atoms with Gasteiger partial charge >= 0.3 is 5.97 Å². The number of oxime groups is 1. The number of halogens is 2. The zero-order valence-electron chi connectivity index (χ0n) is 5.54. The molecule has 0 aliphatic heterocycles. The summed E-state index contributed by atoms with van der Waals surface area (Å²) in [5, 5.41) is 10.8. The van der Waals surface area contributed by atoms with Crippen molar-refractivity contribution in [2.45, 2.75) is 0 Å². The van der Waals surface area contributed by atoms with Crippen molar-refractivity contribution >= 4 is 35.4 Å². The molecule has 0 aromatic carbocycles. The normalized spacial score (nSPS) is 13.0. The third-order valence-corrected chi connectivity index (χ3v) is 1.42. The molecule has 0 aromatic rings. The average molecular weight is 198 g/mol. The van der Waals surface area contributed by atoms with E-state index in [1.54, 1.807) is 0 Å². The molecule has 0 radical (unpaired) electrons. The lowest BCUT2D eigenvalue weighted by molar-refractivity contribution is -0.131. The SMILES string of the molecule is CO/N=C/C(Cl)=C(\Cl)C(=O)O. The van der Waals surface area contributed by atoms with Crippen LogP contribution in [0.4, 0.5) is 0 Å². The molecule has 62 valence electrons. The molecular weight excluding hydrogens is 193 g/mol. The fourth-order valence-electron chi connectivity index (χ4n) is 0.258. The van der Waals surface area contributed by atoms with Crippen LogP contribution in [-0.2, 0) is 9.63 Å². The Morgan fingerprint density at radius 1 is 1.64 bits per heavy atom. The highest BCUT2D eigenvalue weighted by Gasteiger charge is 2.07. The van der Waals surface area contributed by atoms with E-state index in [-0.39, 0.29) is 5.03 Å². The molecule has 0 aromatic heterocycles. The number of carboxylic acids is 1. The van der Waals surface area contributed by atoms with E-state index in [2.05, 4.69) is 9.99 Å². The lowest BCUT2D eigenvalue weighted by atomic mass is 10.5. The van der Waals surface area contributed by atoms with Gasteiger partial charge in [-0.25, -0.2) is 4.79 Å². The molecule has 0 heterocycles. The fourth-order valence-corrected chi connectivity index (χ4v) is 0.427. The smallest absolute Gasteiger partial charge is 0.348 e. The summed E-state index contributed by atoms with van der Waals surface area (Å²) < 4.78 is 0. The van der Waals surface area contributed by atoms with E-state index >= 15 is 0 Å². The van der Waals surface area contributed by atoms with Crippen LogP contribution in [0.15, 0.2) is 15.2 Å². The molecular formula is C5H5Cl2NO3. The van der Waals surface area contributed by atoms with Crippen molar-refractivity contribution in [2.75, 3.05) is 7.11 Å². The molecule has 0 saturated heterocycles. The molecule has 0 saturated carbocycles. The van der Waals surface area contributed by atoms with Gasteiger partial charge in [0, 0.05) is 0 Å². The lowest BCUT2D eigenvalue weighted by Crippen LogP contribution is -1.96. The van der Waals surface area contributed by atoms with Crippen LogP contribution in [0.5, 0.6) is 0 Å². The summed E-state index contributed by atoms with van der Waals surface area (Å²) in [4.78, 5) is 14.4. The van der Waals surface area contributed by atoms with Gasteiger partial charge in [0.1, 0.15) is 12.1 Å². The molecule has 0 amide bonds. The predicted octanol–water partition coefficient (Wildman–Crippen LogP) is 1.39. The summed E-state index contributed by atoms with van der Waals surface area (Å²) >= 11 is 10.5. The van der Waals surface area contributed by atoms with Crippen molar-refractivity contribution in [1.82, 2.24) is 0 Å². The van der Waals surface area contributed by atoms with E-state index in [9.17, 15) is 4.79 Å². The standard InChI is InChI=1S/C5H5Cl2NO3/c1-11-8-2-3(6)4(7)5(9)10/h2H,1H3,(H,9,10)/b4-3+,8-2+. The van der Waals surface area contributed by atoms with Crippen LogP contribution in [0.2, 0.25) is 0 Å². The lowest BCUT2D eigenvalue weighted by Gasteiger charge is -1.90. The summed E-state index contributed by atoms with van der Waals surface area (Å²) in [5.41, 5.74) is 0. The van der Waals surface area contributed by atoms with E-state index in [1.807, 2.05) is 0 Å². The molecule has 0 bridgehead atoms. The molecule has 0 unspecified atom stereocenters. The summed E-state index contributed by atoms with van der Waals surface area (Å²) in [6, 6.07) is 0. The number of carboxylic acid groups (broad SMARTS) is 1. The van der Waals surface area contributed by atoms with Crippen molar-refractivity contribution in [3.63, 3.8) is 0 Å². The first kappa shape index (κ1) is 10.3. The number of aliphatic carboxylic acids is 1.